The van der Waals surface area contributed by atoms with Crippen molar-refractivity contribution in [2.24, 2.45) is 11.7 Å². The lowest BCUT2D eigenvalue weighted by molar-refractivity contribution is 0.637. The first-order chi connectivity index (χ1) is 8.02. The number of nitrogens with two attached hydrogens (primary N) is 1. The molecule has 2 N–H and O–H groups in total. The minimum Gasteiger partial charge on any atom is -0.328 e. The number of hydrogen-bond donors (Lipinski definition) is 1. The second-order valence-corrected chi connectivity index (χ2v) is 6.17. The van der Waals surface area contributed by atoms with Crippen molar-refractivity contribution in [2.75, 3.05) is 5.75 Å². The van der Waals surface area contributed by atoms with E-state index in [4.69, 9.17) is 5.73 Å². The summed E-state index contributed by atoms with van der Waals surface area (Å²) in [6, 6.07) is 6.99. The molecule has 17 heavy (non-hydrogen) atoms. The van der Waals surface area contributed by atoms with Crippen LogP contribution in [0.3, 0.4) is 0 Å². The topological polar surface area (TPSA) is 26.0 Å². The first-order valence-electron chi connectivity index (χ1n) is 6.50. The number of benzene rings is 1. The highest BCUT2D eigenvalue weighted by Crippen LogP contribution is 2.26. The van der Waals surface area contributed by atoms with E-state index in [1.54, 1.807) is 0 Å². The summed E-state index contributed by atoms with van der Waals surface area (Å²) in [6.45, 7) is 8.82. The number of aryl methyl sites for hydroxylation is 1. The maximum atomic E-state index is 5.82. The fourth-order valence-corrected chi connectivity index (χ4v) is 2.87. The van der Waals surface area contributed by atoms with E-state index in [-0.39, 0.29) is 6.04 Å². The van der Waals surface area contributed by atoms with E-state index in [9.17, 15) is 0 Å². The van der Waals surface area contributed by atoms with Gasteiger partial charge in [-0.3, -0.25) is 0 Å². The van der Waals surface area contributed by atoms with Crippen LogP contribution in [0.2, 0.25) is 0 Å². The maximum Gasteiger partial charge on any atom is 0.0101 e. The van der Waals surface area contributed by atoms with Crippen molar-refractivity contribution in [1.29, 1.82) is 0 Å². The van der Waals surface area contributed by atoms with E-state index in [1.807, 2.05) is 11.8 Å². The smallest absolute Gasteiger partial charge is 0.0101 e. The van der Waals surface area contributed by atoms with Crippen LogP contribution in [-0.4, -0.2) is 11.8 Å². The van der Waals surface area contributed by atoms with E-state index in [0.717, 1.165) is 12.3 Å². The molecule has 1 aromatic rings. The maximum absolute atomic E-state index is 5.82. The summed E-state index contributed by atoms with van der Waals surface area (Å²) in [7, 11) is 0. The van der Waals surface area contributed by atoms with Crippen LogP contribution in [-0.2, 0) is 6.42 Å². The lowest BCUT2D eigenvalue weighted by Gasteiger charge is -2.12. The minimum absolute atomic E-state index is 0.244. The van der Waals surface area contributed by atoms with Crippen molar-refractivity contribution in [3.05, 3.63) is 29.3 Å². The first kappa shape index (κ1) is 14.6. The Balaban J connectivity index is 2.63. The molecule has 0 aliphatic carbocycles. The van der Waals surface area contributed by atoms with Gasteiger partial charge in [-0.05, 0) is 43.4 Å². The predicted octanol–water partition coefficient (Wildman–Crippen LogP) is 4.02. The molecule has 0 aliphatic rings. The van der Waals surface area contributed by atoms with Crippen molar-refractivity contribution < 1.29 is 0 Å². The Bertz CT molecular complexity index is 347. The van der Waals surface area contributed by atoms with E-state index in [0.29, 0.717) is 0 Å². The second-order valence-electron chi connectivity index (χ2n) is 5.11. The Morgan fingerprint density at radius 2 is 2.00 bits per heavy atom. The molecule has 0 heterocycles. The van der Waals surface area contributed by atoms with Crippen molar-refractivity contribution in [2.45, 2.75) is 51.5 Å². The van der Waals surface area contributed by atoms with E-state index >= 15 is 0 Å². The average Bonchev–Trinajstić information content (AvgIpc) is 2.26. The average molecular weight is 251 g/mol. The summed E-state index contributed by atoms with van der Waals surface area (Å²) in [5, 5.41) is 0. The summed E-state index contributed by atoms with van der Waals surface area (Å²) in [6.07, 6.45) is 2.23. The van der Waals surface area contributed by atoms with Gasteiger partial charge in [0.25, 0.3) is 0 Å². The van der Waals surface area contributed by atoms with Crippen LogP contribution in [0.25, 0.3) is 0 Å². The molecule has 0 spiro atoms. The van der Waals surface area contributed by atoms with Crippen LogP contribution in [0.5, 0.6) is 0 Å². The SMILES string of the molecule is CCC(C)CSc1ccc(CC(C)N)cc1C. The zero-order chi connectivity index (χ0) is 12.8. The van der Waals surface area contributed by atoms with Crippen LogP contribution in [0.15, 0.2) is 23.1 Å². The van der Waals surface area contributed by atoms with Gasteiger partial charge in [0.15, 0.2) is 0 Å². The van der Waals surface area contributed by atoms with Crippen molar-refractivity contribution in [1.82, 2.24) is 0 Å². The van der Waals surface area contributed by atoms with Crippen molar-refractivity contribution >= 4 is 11.8 Å². The number of hydrogen-bond acceptors (Lipinski definition) is 2. The van der Waals surface area contributed by atoms with Crippen LogP contribution in [0.4, 0.5) is 0 Å². The lowest BCUT2D eigenvalue weighted by atomic mass is 10.1. The van der Waals surface area contributed by atoms with Crippen molar-refractivity contribution in [3.8, 4) is 0 Å². The Kier molecular flexibility index (Phi) is 6.07. The largest absolute Gasteiger partial charge is 0.328 e. The molecule has 0 saturated heterocycles. The molecule has 0 aliphatic heterocycles. The molecule has 2 atom stereocenters. The van der Waals surface area contributed by atoms with Gasteiger partial charge in [-0.15, -0.1) is 11.8 Å². The Morgan fingerprint density at radius 1 is 1.29 bits per heavy atom. The van der Waals surface area contributed by atoms with E-state index in [2.05, 4.69) is 45.9 Å². The molecule has 1 aromatic carbocycles. The molecule has 0 amide bonds. The van der Waals surface area contributed by atoms with Crippen LogP contribution in [0.1, 0.15) is 38.3 Å². The number of thioether (sulfide) groups is 1. The molecule has 1 nitrogen and oxygen atoms in total. The summed E-state index contributed by atoms with van der Waals surface area (Å²) in [4.78, 5) is 1.42. The third-order valence-corrected chi connectivity index (χ3v) is 4.52. The molecule has 0 radical (unpaired) electrons. The van der Waals surface area contributed by atoms with Crippen LogP contribution >= 0.6 is 11.8 Å². The molecule has 2 unspecified atom stereocenters. The molecule has 2 heteroatoms. The van der Waals surface area contributed by atoms with Gasteiger partial charge in [-0.1, -0.05) is 32.4 Å². The predicted molar refractivity (Wildman–Crippen MR) is 78.7 cm³/mol. The third-order valence-electron chi connectivity index (χ3n) is 3.02. The zero-order valence-corrected chi connectivity index (χ0v) is 12.3. The van der Waals surface area contributed by atoms with Gasteiger partial charge in [0.2, 0.25) is 0 Å². The van der Waals surface area contributed by atoms with Gasteiger partial charge < -0.3 is 5.73 Å². The van der Waals surface area contributed by atoms with Gasteiger partial charge in [0.05, 0.1) is 0 Å². The normalized spacial score (nSPS) is 14.6. The van der Waals surface area contributed by atoms with Gasteiger partial charge in [0.1, 0.15) is 0 Å². The third kappa shape index (κ3) is 5.13. The number of rotatable bonds is 6. The van der Waals surface area contributed by atoms with E-state index < -0.39 is 0 Å². The quantitative estimate of drug-likeness (QED) is 0.773. The molecular formula is C15H25NS. The highest BCUT2D eigenvalue weighted by Gasteiger charge is 2.05. The summed E-state index contributed by atoms with van der Waals surface area (Å²) < 4.78 is 0. The molecule has 0 saturated carbocycles. The fourth-order valence-electron chi connectivity index (χ4n) is 1.72. The Hall–Kier alpha value is -0.470. The fraction of sp³-hybridized carbons (Fsp3) is 0.600. The zero-order valence-electron chi connectivity index (χ0n) is 11.5. The lowest BCUT2D eigenvalue weighted by Crippen LogP contribution is -2.17. The van der Waals surface area contributed by atoms with Crippen LogP contribution < -0.4 is 5.73 Å². The van der Waals surface area contributed by atoms with E-state index in [1.165, 1.54) is 28.2 Å². The van der Waals surface area contributed by atoms with Crippen LogP contribution in [0, 0.1) is 12.8 Å². The molecule has 96 valence electrons. The van der Waals surface area contributed by atoms with Gasteiger partial charge in [-0.2, -0.15) is 0 Å². The Labute approximate surface area is 110 Å². The molecule has 1 rings (SSSR count). The first-order valence-corrected chi connectivity index (χ1v) is 7.49. The molecule has 0 fully saturated rings. The highest BCUT2D eigenvalue weighted by atomic mass is 32.2. The highest BCUT2D eigenvalue weighted by molar-refractivity contribution is 7.99. The van der Waals surface area contributed by atoms with Gasteiger partial charge >= 0.3 is 0 Å². The molecule has 0 aromatic heterocycles. The Morgan fingerprint density at radius 3 is 2.53 bits per heavy atom. The second kappa shape index (κ2) is 7.07. The standard InChI is InChI=1S/C15H25NS/c1-5-11(2)10-17-15-7-6-14(8-12(15)3)9-13(4)16/h6-8,11,13H,5,9-10,16H2,1-4H3. The van der Waals surface area contributed by atoms with Crippen molar-refractivity contribution in [3.63, 3.8) is 0 Å². The molecular weight excluding hydrogens is 226 g/mol. The van der Waals surface area contributed by atoms with Gasteiger partial charge in [0, 0.05) is 16.7 Å². The monoisotopic (exact) mass is 251 g/mol. The minimum atomic E-state index is 0.244. The van der Waals surface area contributed by atoms with Gasteiger partial charge in [-0.25, -0.2) is 0 Å². The molecule has 0 bridgehead atoms. The summed E-state index contributed by atoms with van der Waals surface area (Å²) >= 11 is 1.98. The summed E-state index contributed by atoms with van der Waals surface area (Å²) in [5.41, 5.74) is 8.56. The summed E-state index contributed by atoms with van der Waals surface area (Å²) in [5.74, 6) is 2.01.